The Bertz CT molecular complexity index is 501. The fourth-order valence-corrected chi connectivity index (χ4v) is 2.71. The molecule has 0 N–H and O–H groups in total. The van der Waals surface area contributed by atoms with Crippen LogP contribution in [0.4, 0.5) is 0 Å². The molecule has 3 nitrogen and oxygen atoms in total. The van der Waals surface area contributed by atoms with Crippen molar-refractivity contribution in [1.82, 2.24) is 0 Å². The zero-order chi connectivity index (χ0) is 15.9. The van der Waals surface area contributed by atoms with E-state index in [1.807, 2.05) is 31.2 Å². The molecule has 1 rings (SSSR count). The lowest BCUT2D eigenvalue weighted by molar-refractivity contribution is -0.114. The summed E-state index contributed by atoms with van der Waals surface area (Å²) in [6.07, 6.45) is 5.69. The van der Waals surface area contributed by atoms with E-state index in [1.165, 1.54) is 0 Å². The maximum Gasteiger partial charge on any atom is 0.242 e. The van der Waals surface area contributed by atoms with Gasteiger partial charge in [0.2, 0.25) is 8.32 Å². The van der Waals surface area contributed by atoms with Crippen LogP contribution in [0.3, 0.4) is 0 Å². The van der Waals surface area contributed by atoms with Crippen LogP contribution in [0.15, 0.2) is 30.4 Å². The molecule has 0 amide bonds. The van der Waals surface area contributed by atoms with Crippen molar-refractivity contribution in [1.29, 1.82) is 0 Å². The van der Waals surface area contributed by atoms with Gasteiger partial charge in [-0.05, 0) is 56.3 Å². The molecule has 0 aromatic heterocycles. The SMILES string of the molecule is CC/C=C/C(=O)CCc1ccc(O[Si](C)(C)C)c(OC)c1. The second-order valence-electron chi connectivity index (χ2n) is 5.98. The third kappa shape index (κ3) is 6.62. The van der Waals surface area contributed by atoms with Gasteiger partial charge in [0, 0.05) is 6.42 Å². The summed E-state index contributed by atoms with van der Waals surface area (Å²) in [6.45, 7) is 8.43. The molecule has 21 heavy (non-hydrogen) atoms. The number of ether oxygens (including phenoxy) is 1. The van der Waals surface area contributed by atoms with Crippen LogP contribution in [-0.2, 0) is 11.2 Å². The number of carbonyl (C=O) groups excluding carboxylic acids is 1. The van der Waals surface area contributed by atoms with E-state index in [1.54, 1.807) is 13.2 Å². The first-order chi connectivity index (χ1) is 9.85. The standard InChI is InChI=1S/C17H26O3Si/c1-6-7-8-15(18)11-9-14-10-12-16(17(13-14)19-2)20-21(3,4)5/h7-8,10,12-13H,6,9,11H2,1-5H3/b8-7+. The van der Waals surface area contributed by atoms with Crippen LogP contribution < -0.4 is 9.16 Å². The predicted molar refractivity (Wildman–Crippen MR) is 89.7 cm³/mol. The van der Waals surface area contributed by atoms with Crippen LogP contribution in [0.5, 0.6) is 11.5 Å². The minimum atomic E-state index is -1.66. The predicted octanol–water partition coefficient (Wildman–Crippen LogP) is 4.38. The van der Waals surface area contributed by atoms with Crippen molar-refractivity contribution >= 4 is 14.1 Å². The molecular formula is C17H26O3Si. The Morgan fingerprint density at radius 3 is 2.52 bits per heavy atom. The summed E-state index contributed by atoms with van der Waals surface area (Å²) in [4.78, 5) is 11.6. The molecule has 0 bridgehead atoms. The largest absolute Gasteiger partial charge is 0.542 e. The lowest BCUT2D eigenvalue weighted by Crippen LogP contribution is -2.29. The first-order valence-electron chi connectivity index (χ1n) is 7.41. The Kier molecular flexibility index (Phi) is 6.69. The highest BCUT2D eigenvalue weighted by molar-refractivity contribution is 6.70. The highest BCUT2D eigenvalue weighted by Crippen LogP contribution is 2.30. The van der Waals surface area contributed by atoms with Crippen molar-refractivity contribution in [3.8, 4) is 11.5 Å². The van der Waals surface area contributed by atoms with E-state index in [2.05, 4.69) is 19.6 Å². The van der Waals surface area contributed by atoms with Gasteiger partial charge in [-0.1, -0.05) is 19.1 Å². The Morgan fingerprint density at radius 1 is 1.24 bits per heavy atom. The van der Waals surface area contributed by atoms with Gasteiger partial charge >= 0.3 is 0 Å². The Hall–Kier alpha value is -1.55. The summed E-state index contributed by atoms with van der Waals surface area (Å²) in [6, 6.07) is 5.92. The summed E-state index contributed by atoms with van der Waals surface area (Å²) in [5, 5.41) is 0. The average Bonchev–Trinajstić information content (AvgIpc) is 2.42. The van der Waals surface area contributed by atoms with Crippen molar-refractivity contribution in [2.24, 2.45) is 0 Å². The quantitative estimate of drug-likeness (QED) is 0.528. The normalized spacial score (nSPS) is 11.7. The highest BCUT2D eigenvalue weighted by atomic mass is 28.4. The number of ketones is 1. The minimum absolute atomic E-state index is 0.165. The van der Waals surface area contributed by atoms with Gasteiger partial charge in [0.25, 0.3) is 0 Å². The van der Waals surface area contributed by atoms with E-state index in [9.17, 15) is 4.79 Å². The number of carbonyl (C=O) groups is 1. The summed E-state index contributed by atoms with van der Waals surface area (Å²) in [5.41, 5.74) is 1.09. The second-order valence-corrected chi connectivity index (χ2v) is 10.4. The topological polar surface area (TPSA) is 35.5 Å². The molecule has 0 fully saturated rings. The van der Waals surface area contributed by atoms with Gasteiger partial charge in [0.05, 0.1) is 7.11 Å². The second kappa shape index (κ2) is 8.03. The fourth-order valence-electron chi connectivity index (χ4n) is 1.88. The minimum Gasteiger partial charge on any atom is -0.542 e. The summed E-state index contributed by atoms with van der Waals surface area (Å²) >= 11 is 0. The Morgan fingerprint density at radius 2 is 1.95 bits per heavy atom. The monoisotopic (exact) mass is 306 g/mol. The van der Waals surface area contributed by atoms with E-state index in [0.717, 1.165) is 29.9 Å². The third-order valence-electron chi connectivity index (χ3n) is 2.84. The van der Waals surface area contributed by atoms with E-state index in [4.69, 9.17) is 9.16 Å². The molecule has 0 radical (unpaired) electrons. The molecule has 0 spiro atoms. The van der Waals surface area contributed by atoms with Crippen molar-refractivity contribution in [2.45, 2.75) is 45.8 Å². The smallest absolute Gasteiger partial charge is 0.242 e. The van der Waals surface area contributed by atoms with Crippen LogP contribution in [0.25, 0.3) is 0 Å². The zero-order valence-electron chi connectivity index (χ0n) is 13.7. The van der Waals surface area contributed by atoms with Crippen molar-refractivity contribution in [3.05, 3.63) is 35.9 Å². The van der Waals surface area contributed by atoms with Crippen LogP contribution >= 0.6 is 0 Å². The van der Waals surface area contributed by atoms with Gasteiger partial charge in [0.1, 0.15) is 5.75 Å². The number of hydrogen-bond donors (Lipinski definition) is 0. The molecule has 0 atom stereocenters. The fraction of sp³-hybridized carbons (Fsp3) is 0.471. The lowest BCUT2D eigenvalue weighted by atomic mass is 10.1. The van der Waals surface area contributed by atoms with E-state index < -0.39 is 8.32 Å². The van der Waals surface area contributed by atoms with Gasteiger partial charge < -0.3 is 9.16 Å². The van der Waals surface area contributed by atoms with Gasteiger partial charge in [-0.3, -0.25) is 4.79 Å². The van der Waals surface area contributed by atoms with Crippen molar-refractivity contribution in [2.75, 3.05) is 7.11 Å². The van der Waals surface area contributed by atoms with Crippen molar-refractivity contribution < 1.29 is 14.0 Å². The van der Waals surface area contributed by atoms with Gasteiger partial charge in [-0.2, -0.15) is 0 Å². The number of methoxy groups -OCH3 is 1. The molecule has 0 saturated carbocycles. The number of hydrogen-bond acceptors (Lipinski definition) is 3. The number of rotatable bonds is 8. The maximum absolute atomic E-state index is 11.6. The molecule has 0 aliphatic heterocycles. The number of aryl methyl sites for hydroxylation is 1. The van der Waals surface area contributed by atoms with Crippen LogP contribution in [0.1, 0.15) is 25.3 Å². The van der Waals surface area contributed by atoms with E-state index >= 15 is 0 Å². The first kappa shape index (κ1) is 17.5. The molecule has 0 aliphatic rings. The van der Waals surface area contributed by atoms with E-state index in [0.29, 0.717) is 6.42 Å². The van der Waals surface area contributed by atoms with Gasteiger partial charge in [-0.15, -0.1) is 0 Å². The molecule has 1 aromatic carbocycles. The average molecular weight is 306 g/mol. The lowest BCUT2D eigenvalue weighted by Gasteiger charge is -2.21. The molecular weight excluding hydrogens is 280 g/mol. The molecule has 4 heteroatoms. The third-order valence-corrected chi connectivity index (χ3v) is 3.68. The molecule has 116 valence electrons. The summed E-state index contributed by atoms with van der Waals surface area (Å²) in [5.74, 6) is 1.70. The number of benzene rings is 1. The first-order valence-corrected chi connectivity index (χ1v) is 10.8. The Balaban J connectivity index is 2.74. The molecule has 0 aliphatic carbocycles. The van der Waals surface area contributed by atoms with Crippen molar-refractivity contribution in [3.63, 3.8) is 0 Å². The number of allylic oxidation sites excluding steroid dienone is 2. The Labute approximate surface area is 129 Å². The molecule has 1 aromatic rings. The van der Waals surface area contributed by atoms with Gasteiger partial charge in [-0.25, -0.2) is 0 Å². The van der Waals surface area contributed by atoms with Crippen LogP contribution in [0, 0.1) is 0 Å². The molecule has 0 saturated heterocycles. The van der Waals surface area contributed by atoms with Crippen LogP contribution in [0.2, 0.25) is 19.6 Å². The van der Waals surface area contributed by atoms with Crippen LogP contribution in [-0.4, -0.2) is 21.2 Å². The molecule has 0 unspecified atom stereocenters. The summed E-state index contributed by atoms with van der Waals surface area (Å²) in [7, 11) is -0.0135. The summed E-state index contributed by atoms with van der Waals surface area (Å²) < 4.78 is 11.4. The molecule has 0 heterocycles. The van der Waals surface area contributed by atoms with E-state index in [-0.39, 0.29) is 5.78 Å². The maximum atomic E-state index is 11.6. The van der Waals surface area contributed by atoms with Gasteiger partial charge in [0.15, 0.2) is 11.5 Å². The highest BCUT2D eigenvalue weighted by Gasteiger charge is 2.18. The zero-order valence-corrected chi connectivity index (χ0v) is 14.7.